The van der Waals surface area contributed by atoms with Crippen molar-refractivity contribution in [1.29, 1.82) is 0 Å². The molecule has 0 radical (unpaired) electrons. The van der Waals surface area contributed by atoms with Crippen LogP contribution in [0.4, 0.5) is 0 Å². The van der Waals surface area contributed by atoms with Crippen LogP contribution in [0.5, 0.6) is 0 Å². The number of ether oxygens (including phenoxy) is 1. The van der Waals surface area contributed by atoms with Crippen molar-refractivity contribution in [3.05, 3.63) is 24.2 Å². The Hall–Kier alpha value is -1.37. The average Bonchev–Trinajstić information content (AvgIpc) is 3.00. The molecule has 2 rings (SSSR count). The van der Waals surface area contributed by atoms with Crippen molar-refractivity contribution in [2.24, 2.45) is 0 Å². The minimum atomic E-state index is -1.22. The van der Waals surface area contributed by atoms with E-state index in [1.807, 2.05) is 0 Å². The van der Waals surface area contributed by atoms with Gasteiger partial charge in [-0.25, -0.2) is 0 Å². The van der Waals surface area contributed by atoms with Crippen molar-refractivity contribution in [3.63, 3.8) is 0 Å². The summed E-state index contributed by atoms with van der Waals surface area (Å²) >= 11 is 0. The molecule has 6 heteroatoms. The number of nitrogens with zero attached hydrogens (tertiary/aromatic N) is 1. The first-order valence-electron chi connectivity index (χ1n) is 6.91. The van der Waals surface area contributed by atoms with E-state index in [9.17, 15) is 9.90 Å². The third-order valence-corrected chi connectivity index (χ3v) is 3.55. The van der Waals surface area contributed by atoms with Crippen LogP contribution in [0.2, 0.25) is 0 Å². The number of hydrogen-bond acceptors (Lipinski definition) is 5. The van der Waals surface area contributed by atoms with Crippen LogP contribution in [-0.2, 0) is 15.1 Å². The molecule has 1 saturated heterocycles. The lowest BCUT2D eigenvalue weighted by atomic mass is 10.0. The molecular weight excluding hydrogens is 260 g/mol. The number of carbonyl (C=O) groups excluding carboxylic acids is 1. The Balaban J connectivity index is 1.85. The van der Waals surface area contributed by atoms with Crippen molar-refractivity contribution in [1.82, 2.24) is 10.2 Å². The fraction of sp³-hybridized carbons (Fsp3) is 0.643. The lowest BCUT2D eigenvalue weighted by molar-refractivity contribution is -0.139. The highest BCUT2D eigenvalue weighted by Gasteiger charge is 2.30. The normalized spacial score (nSPS) is 23.2. The number of likely N-dealkylation sites (N-methyl/N-ethyl adjacent to an activating group) is 1. The second-order valence-electron chi connectivity index (χ2n) is 5.22. The molecule has 1 aromatic heterocycles. The van der Waals surface area contributed by atoms with Crippen LogP contribution in [-0.4, -0.2) is 54.8 Å². The molecule has 112 valence electrons. The van der Waals surface area contributed by atoms with Crippen LogP contribution in [0.1, 0.15) is 19.6 Å². The molecular formula is C14H22N2O4. The van der Waals surface area contributed by atoms with Crippen LogP contribution in [0.25, 0.3) is 0 Å². The van der Waals surface area contributed by atoms with Crippen LogP contribution >= 0.6 is 0 Å². The molecule has 1 aliphatic heterocycles. The first-order valence-corrected chi connectivity index (χ1v) is 6.91. The van der Waals surface area contributed by atoms with E-state index in [1.165, 1.54) is 6.26 Å². The summed E-state index contributed by atoms with van der Waals surface area (Å²) in [6.45, 7) is 6.65. The first kappa shape index (κ1) is 15.0. The van der Waals surface area contributed by atoms with Gasteiger partial charge in [0.05, 0.1) is 19.4 Å². The van der Waals surface area contributed by atoms with Gasteiger partial charge in [0.15, 0.2) is 0 Å². The molecule has 2 N–H and O–H groups in total. The van der Waals surface area contributed by atoms with Gasteiger partial charge >= 0.3 is 0 Å². The van der Waals surface area contributed by atoms with Crippen molar-refractivity contribution >= 4 is 5.91 Å². The Morgan fingerprint density at radius 3 is 3.10 bits per heavy atom. The van der Waals surface area contributed by atoms with E-state index in [2.05, 4.69) is 17.1 Å². The Bertz CT molecular complexity index is 430. The number of rotatable bonds is 5. The molecule has 1 amide bonds. The number of furan rings is 1. The zero-order valence-corrected chi connectivity index (χ0v) is 12.0. The molecule has 0 bridgehead atoms. The van der Waals surface area contributed by atoms with Gasteiger partial charge < -0.3 is 19.6 Å². The topological polar surface area (TPSA) is 74.9 Å². The average molecular weight is 282 g/mol. The predicted octanol–water partition coefficient (Wildman–Crippen LogP) is 0.324. The van der Waals surface area contributed by atoms with Crippen molar-refractivity contribution < 1.29 is 19.1 Å². The van der Waals surface area contributed by atoms with Gasteiger partial charge in [-0.2, -0.15) is 0 Å². The van der Waals surface area contributed by atoms with Crippen LogP contribution < -0.4 is 5.32 Å². The zero-order valence-electron chi connectivity index (χ0n) is 12.0. The maximum atomic E-state index is 12.1. The summed E-state index contributed by atoms with van der Waals surface area (Å²) in [7, 11) is 0. The van der Waals surface area contributed by atoms with E-state index in [0.717, 1.165) is 13.1 Å². The summed E-state index contributed by atoms with van der Waals surface area (Å²) in [6, 6.07) is 3.39. The number of amides is 1. The number of aliphatic hydroxyl groups is 1. The highest BCUT2D eigenvalue weighted by molar-refractivity contribution is 5.81. The van der Waals surface area contributed by atoms with E-state index < -0.39 is 11.7 Å². The molecule has 0 spiro atoms. The molecule has 2 unspecified atom stereocenters. The van der Waals surface area contributed by atoms with Gasteiger partial charge in [-0.15, -0.1) is 0 Å². The molecule has 6 nitrogen and oxygen atoms in total. The van der Waals surface area contributed by atoms with E-state index in [-0.39, 0.29) is 12.5 Å². The molecule has 1 fully saturated rings. The zero-order chi connectivity index (χ0) is 14.6. The van der Waals surface area contributed by atoms with Gasteiger partial charge in [-0.3, -0.25) is 9.69 Å². The monoisotopic (exact) mass is 282 g/mol. The van der Waals surface area contributed by atoms with Gasteiger partial charge in [0.25, 0.3) is 5.91 Å². The lowest BCUT2D eigenvalue weighted by Gasteiger charge is -2.31. The molecule has 0 aromatic carbocycles. The minimum Gasteiger partial charge on any atom is -0.466 e. The largest absolute Gasteiger partial charge is 0.466 e. The van der Waals surface area contributed by atoms with Crippen LogP contribution in [0.3, 0.4) is 0 Å². The van der Waals surface area contributed by atoms with Gasteiger partial charge in [0, 0.05) is 13.1 Å². The van der Waals surface area contributed by atoms with Gasteiger partial charge in [0.1, 0.15) is 17.5 Å². The molecule has 1 aromatic rings. The second kappa shape index (κ2) is 6.39. The van der Waals surface area contributed by atoms with E-state index in [4.69, 9.17) is 9.15 Å². The van der Waals surface area contributed by atoms with Gasteiger partial charge in [-0.05, 0) is 25.6 Å². The summed E-state index contributed by atoms with van der Waals surface area (Å²) in [4.78, 5) is 14.2. The molecule has 20 heavy (non-hydrogen) atoms. The number of hydrogen-bond donors (Lipinski definition) is 2. The SMILES string of the molecule is CCN1CCOC(C(=O)NCC(C)(O)c2ccco2)C1. The molecule has 0 saturated carbocycles. The van der Waals surface area contributed by atoms with Crippen molar-refractivity contribution in [2.45, 2.75) is 25.6 Å². The number of carbonyl (C=O) groups is 1. The molecule has 1 aliphatic rings. The predicted molar refractivity (Wildman–Crippen MR) is 73.1 cm³/mol. The number of nitrogens with one attached hydrogen (secondary N) is 1. The molecule has 0 aliphatic carbocycles. The smallest absolute Gasteiger partial charge is 0.250 e. The van der Waals surface area contributed by atoms with E-state index in [1.54, 1.807) is 19.1 Å². The van der Waals surface area contributed by atoms with Crippen molar-refractivity contribution in [2.75, 3.05) is 32.8 Å². The fourth-order valence-corrected chi connectivity index (χ4v) is 2.19. The summed E-state index contributed by atoms with van der Waals surface area (Å²) in [6.07, 6.45) is 1.02. The third kappa shape index (κ3) is 3.59. The first-order chi connectivity index (χ1) is 9.53. The van der Waals surface area contributed by atoms with Crippen molar-refractivity contribution in [3.8, 4) is 0 Å². The van der Waals surface area contributed by atoms with Crippen LogP contribution in [0.15, 0.2) is 22.8 Å². The number of morpholine rings is 1. The highest BCUT2D eigenvalue weighted by Crippen LogP contribution is 2.19. The molecule has 2 atom stereocenters. The Morgan fingerprint density at radius 2 is 2.45 bits per heavy atom. The summed E-state index contributed by atoms with van der Waals surface area (Å²) in [5.41, 5.74) is -1.22. The third-order valence-electron chi connectivity index (χ3n) is 3.55. The summed E-state index contributed by atoms with van der Waals surface area (Å²) in [5.74, 6) is 0.229. The maximum absolute atomic E-state index is 12.1. The lowest BCUT2D eigenvalue weighted by Crippen LogP contribution is -2.51. The standard InChI is InChI=1S/C14H22N2O4/c1-3-16-6-8-19-11(9-16)13(17)15-10-14(2,18)12-5-4-7-20-12/h4-5,7,11,18H,3,6,8-10H2,1-2H3,(H,15,17). The van der Waals surface area contributed by atoms with E-state index in [0.29, 0.717) is 18.9 Å². The Labute approximate surface area is 118 Å². The van der Waals surface area contributed by atoms with Gasteiger partial charge in [0.2, 0.25) is 0 Å². The molecule has 2 heterocycles. The second-order valence-corrected chi connectivity index (χ2v) is 5.22. The summed E-state index contributed by atoms with van der Waals surface area (Å²) in [5, 5.41) is 13.0. The van der Waals surface area contributed by atoms with Gasteiger partial charge in [-0.1, -0.05) is 6.92 Å². The minimum absolute atomic E-state index is 0.0886. The Kier molecular flexibility index (Phi) is 4.80. The Morgan fingerprint density at radius 1 is 1.65 bits per heavy atom. The highest BCUT2D eigenvalue weighted by atomic mass is 16.5. The van der Waals surface area contributed by atoms with Crippen LogP contribution in [0, 0.1) is 0 Å². The van der Waals surface area contributed by atoms with E-state index >= 15 is 0 Å². The summed E-state index contributed by atoms with van der Waals surface area (Å²) < 4.78 is 10.6. The fourth-order valence-electron chi connectivity index (χ4n) is 2.19. The quantitative estimate of drug-likeness (QED) is 0.814. The maximum Gasteiger partial charge on any atom is 0.250 e.